The average Bonchev–Trinajstić information content (AvgIpc) is 2.72. The topological polar surface area (TPSA) is 12.9 Å². The van der Waals surface area contributed by atoms with Crippen LogP contribution in [-0.2, 0) is 0 Å². The van der Waals surface area contributed by atoms with Crippen LogP contribution in [0, 0.1) is 6.85 Å². The molecule has 0 fully saturated rings. The predicted octanol–water partition coefficient (Wildman–Crippen LogP) is 6.59. The lowest BCUT2D eigenvalue weighted by Crippen LogP contribution is -1.91. The quantitative estimate of drug-likeness (QED) is 0.227. The van der Waals surface area contributed by atoms with E-state index >= 15 is 0 Å². The minimum absolute atomic E-state index is 0.277. The van der Waals surface area contributed by atoms with Gasteiger partial charge in [0.25, 0.3) is 0 Å². The van der Waals surface area contributed by atoms with Crippen LogP contribution in [-0.4, -0.2) is 4.98 Å². The highest BCUT2D eigenvalue weighted by atomic mass is 14.7. The molecule has 0 saturated heterocycles. The van der Waals surface area contributed by atoms with Crippen molar-refractivity contribution in [2.24, 2.45) is 0 Å². The molecule has 0 atom stereocenters. The van der Waals surface area contributed by atoms with Gasteiger partial charge in [-0.25, -0.2) is 0 Å². The van der Waals surface area contributed by atoms with Crippen molar-refractivity contribution < 1.29 is 4.11 Å². The summed E-state index contributed by atoms with van der Waals surface area (Å²) in [6.07, 6.45) is 1.50. The van der Waals surface area contributed by atoms with Gasteiger partial charge in [-0.15, -0.1) is 0 Å². The predicted molar refractivity (Wildman–Crippen MR) is 108 cm³/mol. The van der Waals surface area contributed by atoms with Crippen molar-refractivity contribution in [2.45, 2.75) is 6.85 Å². The third-order valence-corrected chi connectivity index (χ3v) is 5.32. The molecule has 0 radical (unpaired) electrons. The molecule has 25 heavy (non-hydrogen) atoms. The van der Waals surface area contributed by atoms with Crippen LogP contribution in [0.5, 0.6) is 0 Å². The first kappa shape index (κ1) is 10.6. The molecular weight excluding hydrogens is 302 g/mol. The summed E-state index contributed by atoms with van der Waals surface area (Å²) in [6, 6.07) is 22.9. The summed E-state index contributed by atoms with van der Waals surface area (Å²) in [4.78, 5) is 4.62. The van der Waals surface area contributed by atoms with Crippen LogP contribution in [0.1, 0.15) is 9.68 Å². The summed E-state index contributed by atoms with van der Waals surface area (Å²) >= 11 is 0. The van der Waals surface area contributed by atoms with Crippen LogP contribution in [0.2, 0.25) is 0 Å². The molecule has 0 spiro atoms. The van der Waals surface area contributed by atoms with Crippen LogP contribution in [0.4, 0.5) is 0 Å². The molecule has 1 heterocycles. The monoisotopic (exact) mass is 320 g/mol. The molecular formula is C24H15N. The number of hydrogen-bond donors (Lipinski definition) is 0. The highest BCUT2D eigenvalue weighted by molar-refractivity contribution is 6.39. The second-order valence-electron chi connectivity index (χ2n) is 6.62. The van der Waals surface area contributed by atoms with E-state index in [1.54, 1.807) is 6.07 Å². The molecule has 0 aliphatic carbocycles. The molecule has 0 saturated carbocycles. The standard InChI is InChI=1S/C24H15N/c1-14-12-21-19-10-4-8-17-15-6-2-3-7-16(15)18-9-5-11-20(23(18)22(17)19)24(21)25-13-14/h2-13H,1H3/i1D3. The van der Waals surface area contributed by atoms with Gasteiger partial charge in [-0.3, -0.25) is 4.98 Å². The molecule has 0 aliphatic rings. The van der Waals surface area contributed by atoms with Crippen molar-refractivity contribution in [3.8, 4) is 0 Å². The van der Waals surface area contributed by atoms with Gasteiger partial charge in [0.05, 0.1) is 5.52 Å². The van der Waals surface area contributed by atoms with E-state index in [0.29, 0.717) is 0 Å². The van der Waals surface area contributed by atoms with Crippen molar-refractivity contribution in [2.75, 3.05) is 0 Å². The third-order valence-electron chi connectivity index (χ3n) is 5.32. The lowest BCUT2D eigenvalue weighted by Gasteiger charge is -2.17. The number of nitrogens with zero attached hydrogens (tertiary/aromatic N) is 1. The third kappa shape index (κ3) is 1.56. The van der Waals surface area contributed by atoms with E-state index in [-0.39, 0.29) is 5.56 Å². The molecule has 0 N–H and O–H groups in total. The Morgan fingerprint density at radius 3 is 1.88 bits per heavy atom. The molecule has 1 aromatic heterocycles. The van der Waals surface area contributed by atoms with Crippen LogP contribution >= 0.6 is 0 Å². The molecule has 0 amide bonds. The van der Waals surface area contributed by atoms with Gasteiger partial charge in [-0.1, -0.05) is 60.7 Å². The number of aryl methyl sites for hydroxylation is 1. The maximum absolute atomic E-state index is 7.80. The number of fused-ring (bicyclic) bond motifs is 6. The molecule has 6 aromatic rings. The lowest BCUT2D eigenvalue weighted by molar-refractivity contribution is 1.35. The number of aromatic nitrogens is 1. The van der Waals surface area contributed by atoms with Gasteiger partial charge in [-0.05, 0) is 50.8 Å². The van der Waals surface area contributed by atoms with E-state index in [4.69, 9.17) is 4.11 Å². The SMILES string of the molecule is [2H]C([2H])([2H])c1cnc2c(c1)c1cccc3c4ccccc4c4cccc2c4c31. The summed E-state index contributed by atoms with van der Waals surface area (Å²) in [5.41, 5.74) is 1.13. The lowest BCUT2D eigenvalue weighted by atomic mass is 9.87. The fourth-order valence-electron chi connectivity index (χ4n) is 4.35. The second kappa shape index (κ2) is 4.46. The van der Waals surface area contributed by atoms with Crippen molar-refractivity contribution in [3.63, 3.8) is 0 Å². The van der Waals surface area contributed by atoms with Crippen LogP contribution in [0.3, 0.4) is 0 Å². The van der Waals surface area contributed by atoms with E-state index < -0.39 is 6.85 Å². The Kier molecular flexibility index (Phi) is 1.89. The maximum atomic E-state index is 7.80. The molecule has 1 heteroatoms. The number of rotatable bonds is 0. The van der Waals surface area contributed by atoms with Gasteiger partial charge in [-0.2, -0.15) is 0 Å². The molecule has 6 rings (SSSR count). The van der Waals surface area contributed by atoms with Gasteiger partial charge < -0.3 is 0 Å². The highest BCUT2D eigenvalue weighted by Gasteiger charge is 2.16. The minimum atomic E-state index is -2.18. The fraction of sp³-hybridized carbons (Fsp3) is 0.0417. The zero-order chi connectivity index (χ0) is 19.0. The number of pyridine rings is 1. The molecule has 0 aliphatic heterocycles. The van der Waals surface area contributed by atoms with Crippen LogP contribution in [0.15, 0.2) is 72.9 Å². The fourth-order valence-corrected chi connectivity index (χ4v) is 4.35. The number of benzene rings is 5. The Bertz CT molecular complexity index is 1550. The summed E-state index contributed by atoms with van der Waals surface area (Å²) in [7, 11) is 0. The molecule has 116 valence electrons. The van der Waals surface area contributed by atoms with E-state index in [0.717, 1.165) is 21.7 Å². The zero-order valence-electron chi connectivity index (χ0n) is 16.4. The summed E-state index contributed by atoms with van der Waals surface area (Å²) in [5.74, 6) is 0. The largest absolute Gasteiger partial charge is 0.255 e. The first-order valence-corrected chi connectivity index (χ1v) is 8.41. The van der Waals surface area contributed by atoms with Gasteiger partial charge in [0.15, 0.2) is 0 Å². The Morgan fingerprint density at radius 2 is 1.20 bits per heavy atom. The van der Waals surface area contributed by atoms with Crippen LogP contribution in [0.25, 0.3) is 54.0 Å². The smallest absolute Gasteiger partial charge is 0.0787 e. The second-order valence-corrected chi connectivity index (χ2v) is 6.62. The van der Waals surface area contributed by atoms with Gasteiger partial charge in [0.2, 0.25) is 0 Å². The van der Waals surface area contributed by atoms with E-state index in [9.17, 15) is 0 Å². The highest BCUT2D eigenvalue weighted by Crippen LogP contribution is 2.43. The van der Waals surface area contributed by atoms with Crippen molar-refractivity contribution in [1.29, 1.82) is 0 Å². The van der Waals surface area contributed by atoms with Gasteiger partial charge in [0.1, 0.15) is 0 Å². The average molecular weight is 320 g/mol. The number of hydrogen-bond acceptors (Lipinski definition) is 1. The Labute approximate surface area is 149 Å². The van der Waals surface area contributed by atoms with Gasteiger partial charge in [0, 0.05) is 26.5 Å². The Balaban J connectivity index is 1.99. The first-order valence-electron chi connectivity index (χ1n) is 9.91. The maximum Gasteiger partial charge on any atom is 0.0787 e. The molecule has 0 bridgehead atoms. The van der Waals surface area contributed by atoms with Gasteiger partial charge >= 0.3 is 0 Å². The summed E-state index contributed by atoms with van der Waals surface area (Å²) in [5, 5.41) is 10.3. The van der Waals surface area contributed by atoms with Crippen LogP contribution < -0.4 is 0 Å². The molecule has 1 nitrogen and oxygen atoms in total. The Hall–Kier alpha value is -3.19. The van der Waals surface area contributed by atoms with Crippen molar-refractivity contribution in [3.05, 3.63) is 78.5 Å². The summed E-state index contributed by atoms with van der Waals surface area (Å²) < 4.78 is 23.4. The normalized spacial score (nSPS) is 14.5. The van der Waals surface area contributed by atoms with E-state index in [1.165, 1.54) is 38.5 Å². The van der Waals surface area contributed by atoms with E-state index in [2.05, 4.69) is 65.6 Å². The Morgan fingerprint density at radius 1 is 0.640 bits per heavy atom. The summed E-state index contributed by atoms with van der Waals surface area (Å²) in [6.45, 7) is -2.18. The van der Waals surface area contributed by atoms with E-state index in [1.807, 2.05) is 0 Å². The van der Waals surface area contributed by atoms with Crippen molar-refractivity contribution in [1.82, 2.24) is 4.98 Å². The van der Waals surface area contributed by atoms with Crippen molar-refractivity contribution >= 4 is 54.0 Å². The first-order chi connectivity index (χ1) is 13.5. The molecule has 5 aromatic carbocycles. The zero-order valence-corrected chi connectivity index (χ0v) is 13.4. The molecule has 0 unspecified atom stereocenters. The minimum Gasteiger partial charge on any atom is -0.255 e.